The van der Waals surface area contributed by atoms with Crippen LogP contribution in [0.1, 0.15) is 45.4 Å². The van der Waals surface area contributed by atoms with Crippen molar-refractivity contribution in [1.29, 1.82) is 0 Å². The molecule has 0 radical (unpaired) electrons. The van der Waals surface area contributed by atoms with Crippen molar-refractivity contribution in [2.24, 2.45) is 11.8 Å². The van der Waals surface area contributed by atoms with Gasteiger partial charge in [0.25, 0.3) is 0 Å². The third-order valence-electron chi connectivity index (χ3n) is 5.80. The van der Waals surface area contributed by atoms with Gasteiger partial charge in [0.15, 0.2) is 0 Å². The maximum Gasteiger partial charge on any atom is 0.243 e. The average Bonchev–Trinajstić information content (AvgIpc) is 2.97. The summed E-state index contributed by atoms with van der Waals surface area (Å²) in [5.74, 6) is -0.146. The zero-order valence-corrected chi connectivity index (χ0v) is 17.0. The van der Waals surface area contributed by atoms with Gasteiger partial charge in [-0.1, -0.05) is 38.0 Å². The average molecular weight is 394 g/mol. The number of hydrazine groups is 1. The topological polar surface area (TPSA) is 69.7 Å². The van der Waals surface area contributed by atoms with Crippen molar-refractivity contribution in [3.05, 3.63) is 30.3 Å². The molecule has 2 heterocycles. The minimum atomic E-state index is -3.49. The van der Waals surface area contributed by atoms with E-state index in [9.17, 15) is 13.2 Å². The molecule has 2 fully saturated rings. The van der Waals surface area contributed by atoms with Gasteiger partial charge in [-0.05, 0) is 43.7 Å². The van der Waals surface area contributed by atoms with Crippen LogP contribution in [0.25, 0.3) is 0 Å². The van der Waals surface area contributed by atoms with Crippen LogP contribution in [0, 0.1) is 11.8 Å². The second kappa shape index (κ2) is 9.17. The summed E-state index contributed by atoms with van der Waals surface area (Å²) in [7, 11) is -3.49. The molecule has 2 unspecified atom stereocenters. The molecule has 1 aromatic rings. The van der Waals surface area contributed by atoms with E-state index in [4.69, 9.17) is 0 Å². The first-order valence-corrected chi connectivity index (χ1v) is 11.5. The number of carbonyl (C=O) groups excluding carboxylic acids is 1. The number of amides is 1. The lowest BCUT2D eigenvalue weighted by atomic mass is 9.87. The Morgan fingerprint density at radius 3 is 2.37 bits per heavy atom. The molecular weight excluding hydrogens is 362 g/mol. The van der Waals surface area contributed by atoms with Crippen LogP contribution in [-0.2, 0) is 14.8 Å². The van der Waals surface area contributed by atoms with E-state index in [2.05, 4.69) is 5.43 Å². The number of rotatable bonds is 5. The largest absolute Gasteiger partial charge is 0.289 e. The highest BCUT2D eigenvalue weighted by molar-refractivity contribution is 7.89. The van der Waals surface area contributed by atoms with Crippen molar-refractivity contribution >= 4 is 15.9 Å². The van der Waals surface area contributed by atoms with Crippen LogP contribution in [0.5, 0.6) is 0 Å². The number of sulfonamides is 1. The molecule has 27 heavy (non-hydrogen) atoms. The van der Waals surface area contributed by atoms with Crippen molar-refractivity contribution in [1.82, 2.24) is 14.7 Å². The second-order valence-corrected chi connectivity index (χ2v) is 9.68. The van der Waals surface area contributed by atoms with Gasteiger partial charge in [0, 0.05) is 32.1 Å². The number of benzene rings is 1. The Labute approximate surface area is 162 Å². The van der Waals surface area contributed by atoms with Crippen LogP contribution >= 0.6 is 0 Å². The Morgan fingerprint density at radius 1 is 1.04 bits per heavy atom. The van der Waals surface area contributed by atoms with Crippen molar-refractivity contribution in [3.8, 4) is 0 Å². The standard InChI is InChI=1S/C20H31N3O3S/c1-17(20(24)21-22-13-7-2-3-8-14-22)18-10-9-15-23(16-18)27(25,26)19-11-5-4-6-12-19/h4-6,11-12,17-18H,2-3,7-10,13-16H2,1H3,(H,21,24). The van der Waals surface area contributed by atoms with E-state index in [1.54, 1.807) is 28.6 Å². The summed E-state index contributed by atoms with van der Waals surface area (Å²) in [4.78, 5) is 13.1. The van der Waals surface area contributed by atoms with Gasteiger partial charge in [-0.2, -0.15) is 4.31 Å². The van der Waals surface area contributed by atoms with Gasteiger partial charge in [0.2, 0.25) is 15.9 Å². The molecule has 2 aliphatic heterocycles. The molecule has 0 aromatic heterocycles. The van der Waals surface area contributed by atoms with E-state index in [0.29, 0.717) is 18.0 Å². The van der Waals surface area contributed by atoms with Crippen LogP contribution in [0.3, 0.4) is 0 Å². The highest BCUT2D eigenvalue weighted by Gasteiger charge is 2.34. The number of nitrogens with zero attached hydrogens (tertiary/aromatic N) is 2. The van der Waals surface area contributed by atoms with Gasteiger partial charge in [0.05, 0.1) is 4.90 Å². The third kappa shape index (κ3) is 5.09. The summed E-state index contributed by atoms with van der Waals surface area (Å²) in [6.07, 6.45) is 6.34. The Morgan fingerprint density at radius 2 is 1.70 bits per heavy atom. The number of hydrogen-bond donors (Lipinski definition) is 1. The lowest BCUT2D eigenvalue weighted by Gasteiger charge is -2.35. The van der Waals surface area contributed by atoms with E-state index in [1.165, 1.54) is 12.8 Å². The lowest BCUT2D eigenvalue weighted by Crippen LogP contribution is -2.49. The quantitative estimate of drug-likeness (QED) is 0.835. The van der Waals surface area contributed by atoms with Gasteiger partial charge in [-0.25, -0.2) is 13.4 Å². The van der Waals surface area contributed by atoms with Crippen molar-refractivity contribution in [2.75, 3.05) is 26.2 Å². The van der Waals surface area contributed by atoms with E-state index in [0.717, 1.165) is 38.8 Å². The van der Waals surface area contributed by atoms with Crippen molar-refractivity contribution < 1.29 is 13.2 Å². The van der Waals surface area contributed by atoms with E-state index in [1.807, 2.05) is 18.0 Å². The molecule has 0 aliphatic carbocycles. The van der Waals surface area contributed by atoms with Gasteiger partial charge in [-0.15, -0.1) is 0 Å². The first kappa shape index (κ1) is 20.3. The molecule has 3 rings (SSSR count). The monoisotopic (exact) mass is 393 g/mol. The van der Waals surface area contributed by atoms with E-state index in [-0.39, 0.29) is 17.7 Å². The highest BCUT2D eigenvalue weighted by atomic mass is 32.2. The summed E-state index contributed by atoms with van der Waals surface area (Å²) >= 11 is 0. The normalized spacial score (nSPS) is 24.1. The molecule has 1 N–H and O–H groups in total. The fraction of sp³-hybridized carbons (Fsp3) is 0.650. The summed E-state index contributed by atoms with van der Waals surface area (Å²) in [5.41, 5.74) is 3.07. The highest BCUT2D eigenvalue weighted by Crippen LogP contribution is 2.28. The molecular formula is C20H31N3O3S. The summed E-state index contributed by atoms with van der Waals surface area (Å²) in [6.45, 7) is 4.66. The minimum absolute atomic E-state index is 0.0147. The van der Waals surface area contributed by atoms with Gasteiger partial charge in [0.1, 0.15) is 0 Å². The van der Waals surface area contributed by atoms with Crippen molar-refractivity contribution in [2.45, 2.75) is 50.3 Å². The Kier molecular flexibility index (Phi) is 6.89. The van der Waals surface area contributed by atoms with Crippen LogP contribution < -0.4 is 5.43 Å². The number of nitrogens with one attached hydrogen (secondary N) is 1. The molecule has 2 atom stereocenters. The van der Waals surface area contributed by atoms with Gasteiger partial charge in [-0.3, -0.25) is 10.2 Å². The molecule has 2 saturated heterocycles. The molecule has 1 amide bonds. The third-order valence-corrected chi connectivity index (χ3v) is 7.68. The fourth-order valence-corrected chi connectivity index (χ4v) is 5.55. The number of hydrogen-bond acceptors (Lipinski definition) is 4. The first-order chi connectivity index (χ1) is 13.0. The van der Waals surface area contributed by atoms with Gasteiger partial charge >= 0.3 is 0 Å². The first-order valence-electron chi connectivity index (χ1n) is 10.1. The number of piperidine rings is 1. The summed E-state index contributed by atoms with van der Waals surface area (Å²) < 4.78 is 27.3. The molecule has 1 aromatic carbocycles. The van der Waals surface area contributed by atoms with E-state index < -0.39 is 10.0 Å². The molecule has 2 aliphatic rings. The molecule has 0 saturated carbocycles. The lowest BCUT2D eigenvalue weighted by molar-refractivity contribution is -0.131. The zero-order valence-electron chi connectivity index (χ0n) is 16.1. The van der Waals surface area contributed by atoms with E-state index >= 15 is 0 Å². The summed E-state index contributed by atoms with van der Waals surface area (Å²) in [6, 6.07) is 8.56. The fourth-order valence-electron chi connectivity index (χ4n) is 4.00. The summed E-state index contributed by atoms with van der Waals surface area (Å²) in [5, 5.41) is 2.03. The smallest absolute Gasteiger partial charge is 0.243 e. The van der Waals surface area contributed by atoms with Crippen LogP contribution in [0.4, 0.5) is 0 Å². The molecule has 0 bridgehead atoms. The molecule has 150 valence electrons. The molecule has 7 heteroatoms. The van der Waals surface area contributed by atoms with Crippen LogP contribution in [0.2, 0.25) is 0 Å². The number of carbonyl (C=O) groups is 1. The van der Waals surface area contributed by atoms with Crippen LogP contribution in [-0.4, -0.2) is 49.8 Å². The predicted molar refractivity (Wildman–Crippen MR) is 105 cm³/mol. The maximum atomic E-state index is 12.9. The minimum Gasteiger partial charge on any atom is -0.289 e. The van der Waals surface area contributed by atoms with Gasteiger partial charge < -0.3 is 0 Å². The predicted octanol–water partition coefficient (Wildman–Crippen LogP) is 2.63. The second-order valence-electron chi connectivity index (χ2n) is 7.74. The Bertz CT molecular complexity index is 715. The Balaban J connectivity index is 1.62. The SMILES string of the molecule is CC(C(=O)NN1CCCCCC1)C1CCCN(S(=O)(=O)c2ccccc2)C1. The van der Waals surface area contributed by atoms with Crippen LogP contribution in [0.15, 0.2) is 35.2 Å². The van der Waals surface area contributed by atoms with Crippen molar-refractivity contribution in [3.63, 3.8) is 0 Å². The molecule has 0 spiro atoms. The Hall–Kier alpha value is -1.44. The zero-order chi connectivity index (χ0) is 19.3. The maximum absolute atomic E-state index is 12.9. The molecule has 6 nitrogen and oxygen atoms in total.